The van der Waals surface area contributed by atoms with E-state index in [1.807, 2.05) is 73.1 Å². The maximum atomic E-state index is 12.4. The summed E-state index contributed by atoms with van der Waals surface area (Å²) in [6, 6.07) is 17.6. The molecule has 0 saturated heterocycles. The van der Waals surface area contributed by atoms with Crippen LogP contribution in [0.5, 0.6) is 5.75 Å². The second-order valence-corrected chi connectivity index (χ2v) is 8.02. The van der Waals surface area contributed by atoms with E-state index < -0.39 is 0 Å². The molecule has 0 saturated carbocycles. The molecule has 4 aromatic rings. The third kappa shape index (κ3) is 4.54. The van der Waals surface area contributed by atoms with Crippen molar-refractivity contribution in [2.45, 2.75) is 25.4 Å². The van der Waals surface area contributed by atoms with Gasteiger partial charge in [0.25, 0.3) is 0 Å². The Morgan fingerprint density at radius 1 is 1.06 bits per heavy atom. The number of nitrogens with one attached hydrogen (secondary N) is 1. The van der Waals surface area contributed by atoms with E-state index in [4.69, 9.17) is 9.84 Å². The van der Waals surface area contributed by atoms with Gasteiger partial charge in [-0.3, -0.25) is 4.79 Å². The molecule has 4 rings (SSSR count). The average molecular weight is 434 g/mol. The topological polar surface area (TPSA) is 81.9 Å². The number of fused-ring (bicyclic) bond motifs is 1. The maximum absolute atomic E-state index is 12.4. The lowest BCUT2D eigenvalue weighted by atomic mass is 10.2. The molecule has 0 aliphatic rings. The smallest absolute Gasteiger partial charge is 0.230 e. The van der Waals surface area contributed by atoms with E-state index in [1.54, 1.807) is 7.11 Å². The summed E-state index contributed by atoms with van der Waals surface area (Å²) in [6.07, 6.45) is 0. The van der Waals surface area contributed by atoms with Gasteiger partial charge in [0, 0.05) is 11.9 Å². The Morgan fingerprint density at radius 3 is 2.52 bits per heavy atom. The molecule has 8 heteroatoms. The van der Waals surface area contributed by atoms with E-state index in [-0.39, 0.29) is 11.7 Å². The molecule has 7 nitrogen and oxygen atoms in total. The molecular formula is C23H23N5O2S. The van der Waals surface area contributed by atoms with Crippen molar-refractivity contribution in [3.63, 3.8) is 0 Å². The predicted molar refractivity (Wildman–Crippen MR) is 122 cm³/mol. The Bertz CT molecular complexity index is 1210. The Labute approximate surface area is 184 Å². The normalized spacial score (nSPS) is 10.9. The fourth-order valence-electron chi connectivity index (χ4n) is 3.35. The highest BCUT2D eigenvalue weighted by Crippen LogP contribution is 2.29. The van der Waals surface area contributed by atoms with E-state index in [1.165, 1.54) is 11.8 Å². The van der Waals surface area contributed by atoms with Gasteiger partial charge in [-0.1, -0.05) is 42.1 Å². The van der Waals surface area contributed by atoms with Crippen molar-refractivity contribution in [1.29, 1.82) is 0 Å². The van der Waals surface area contributed by atoms with Crippen LogP contribution in [0.3, 0.4) is 0 Å². The summed E-state index contributed by atoms with van der Waals surface area (Å²) in [5, 5.41) is 17.9. The summed E-state index contributed by atoms with van der Waals surface area (Å²) in [7, 11) is 1.63. The SMILES string of the molecule is COc1ccc(CNC(=O)CSc2nnc(C)c3c(C)n(-c4ccccc4)nc23)cc1. The molecule has 0 aliphatic heterocycles. The van der Waals surface area contributed by atoms with Gasteiger partial charge < -0.3 is 10.1 Å². The minimum Gasteiger partial charge on any atom is -0.497 e. The van der Waals surface area contributed by atoms with Crippen molar-refractivity contribution < 1.29 is 9.53 Å². The predicted octanol–water partition coefficient (Wildman–Crippen LogP) is 3.85. The van der Waals surface area contributed by atoms with Crippen LogP contribution in [0.25, 0.3) is 16.6 Å². The van der Waals surface area contributed by atoms with Gasteiger partial charge in [0.2, 0.25) is 5.91 Å². The lowest BCUT2D eigenvalue weighted by Gasteiger charge is -2.06. The first-order chi connectivity index (χ1) is 15.1. The third-order valence-corrected chi connectivity index (χ3v) is 5.92. The van der Waals surface area contributed by atoms with Crippen molar-refractivity contribution in [2.75, 3.05) is 12.9 Å². The summed E-state index contributed by atoms with van der Waals surface area (Å²) in [6.45, 7) is 4.41. The number of thioether (sulfide) groups is 1. The van der Waals surface area contributed by atoms with Crippen LogP contribution in [0.1, 0.15) is 17.0 Å². The van der Waals surface area contributed by atoms with Gasteiger partial charge in [0.15, 0.2) is 0 Å². The molecule has 0 unspecified atom stereocenters. The maximum Gasteiger partial charge on any atom is 0.230 e. The van der Waals surface area contributed by atoms with Gasteiger partial charge in [0.1, 0.15) is 16.3 Å². The van der Waals surface area contributed by atoms with Crippen LogP contribution in [-0.4, -0.2) is 38.7 Å². The van der Waals surface area contributed by atoms with Crippen LogP contribution in [0.15, 0.2) is 59.6 Å². The molecular weight excluding hydrogens is 410 g/mol. The van der Waals surface area contributed by atoms with E-state index in [9.17, 15) is 4.79 Å². The van der Waals surface area contributed by atoms with Gasteiger partial charge in [-0.2, -0.15) is 10.2 Å². The number of carbonyl (C=O) groups is 1. The largest absolute Gasteiger partial charge is 0.497 e. The first kappa shape index (κ1) is 20.9. The number of para-hydroxylation sites is 1. The second-order valence-electron chi connectivity index (χ2n) is 7.06. The van der Waals surface area contributed by atoms with Gasteiger partial charge in [-0.05, 0) is 43.7 Å². The summed E-state index contributed by atoms with van der Waals surface area (Å²) >= 11 is 1.34. The molecule has 0 fully saturated rings. The molecule has 2 heterocycles. The Balaban J connectivity index is 1.48. The fourth-order valence-corrected chi connectivity index (χ4v) is 4.10. The number of hydrogen-bond acceptors (Lipinski definition) is 6. The highest BCUT2D eigenvalue weighted by molar-refractivity contribution is 8.00. The Kier molecular flexibility index (Phi) is 6.18. The standard InChI is InChI=1S/C23H23N5O2S/c1-15-21-16(2)28(18-7-5-4-6-8-18)27-22(21)23(26-25-15)31-14-20(29)24-13-17-9-11-19(30-3)12-10-17/h4-12H,13-14H2,1-3H3,(H,24,29). The van der Waals surface area contributed by atoms with Crippen LogP contribution >= 0.6 is 11.8 Å². The third-order valence-electron chi connectivity index (χ3n) is 4.96. The molecule has 2 aromatic carbocycles. The van der Waals surface area contributed by atoms with E-state index >= 15 is 0 Å². The zero-order valence-electron chi connectivity index (χ0n) is 17.6. The number of rotatable bonds is 7. The first-order valence-electron chi connectivity index (χ1n) is 9.87. The van der Waals surface area contributed by atoms with E-state index in [2.05, 4.69) is 15.5 Å². The van der Waals surface area contributed by atoms with Gasteiger partial charge >= 0.3 is 0 Å². The van der Waals surface area contributed by atoms with Crippen molar-refractivity contribution in [1.82, 2.24) is 25.3 Å². The number of aryl methyl sites for hydroxylation is 2. The number of carbonyl (C=O) groups excluding carboxylic acids is 1. The van der Waals surface area contributed by atoms with Crippen LogP contribution in [-0.2, 0) is 11.3 Å². The zero-order chi connectivity index (χ0) is 21.8. The molecule has 31 heavy (non-hydrogen) atoms. The lowest BCUT2D eigenvalue weighted by Crippen LogP contribution is -2.24. The summed E-state index contributed by atoms with van der Waals surface area (Å²) < 4.78 is 7.05. The van der Waals surface area contributed by atoms with Crippen molar-refractivity contribution in [3.05, 3.63) is 71.5 Å². The highest BCUT2D eigenvalue weighted by atomic mass is 32.2. The average Bonchev–Trinajstić information content (AvgIpc) is 3.16. The van der Waals surface area contributed by atoms with Gasteiger partial charge in [-0.25, -0.2) is 4.68 Å². The number of methoxy groups -OCH3 is 1. The van der Waals surface area contributed by atoms with Crippen LogP contribution in [0.4, 0.5) is 0 Å². The summed E-state index contributed by atoms with van der Waals surface area (Å²) in [5.41, 5.74) is 4.57. The van der Waals surface area contributed by atoms with E-state index in [0.29, 0.717) is 11.6 Å². The van der Waals surface area contributed by atoms with Crippen LogP contribution in [0, 0.1) is 13.8 Å². The quantitative estimate of drug-likeness (QED) is 0.446. The molecule has 0 atom stereocenters. The second kappa shape index (κ2) is 9.18. The summed E-state index contributed by atoms with van der Waals surface area (Å²) in [5.74, 6) is 0.952. The molecule has 0 spiro atoms. The monoisotopic (exact) mass is 433 g/mol. The molecule has 1 N–H and O–H groups in total. The zero-order valence-corrected chi connectivity index (χ0v) is 18.4. The Hall–Kier alpha value is -3.39. The number of aromatic nitrogens is 4. The number of hydrogen-bond donors (Lipinski definition) is 1. The minimum atomic E-state index is -0.0736. The first-order valence-corrected chi connectivity index (χ1v) is 10.9. The van der Waals surface area contributed by atoms with Gasteiger partial charge in [-0.15, -0.1) is 5.10 Å². The number of nitrogens with zero attached hydrogens (tertiary/aromatic N) is 4. The molecule has 2 aromatic heterocycles. The molecule has 1 amide bonds. The molecule has 0 radical (unpaired) electrons. The molecule has 158 valence electrons. The molecule has 0 aliphatic carbocycles. The minimum absolute atomic E-state index is 0.0736. The number of ether oxygens (including phenoxy) is 1. The number of amides is 1. The lowest BCUT2D eigenvalue weighted by molar-refractivity contribution is -0.118. The molecule has 0 bridgehead atoms. The highest BCUT2D eigenvalue weighted by Gasteiger charge is 2.18. The fraction of sp³-hybridized carbons (Fsp3) is 0.217. The van der Waals surface area contributed by atoms with Crippen LogP contribution < -0.4 is 10.1 Å². The number of benzene rings is 2. The van der Waals surface area contributed by atoms with Crippen molar-refractivity contribution in [2.24, 2.45) is 0 Å². The van der Waals surface area contributed by atoms with E-state index in [0.717, 1.165) is 39.3 Å². The van der Waals surface area contributed by atoms with Crippen molar-refractivity contribution in [3.8, 4) is 11.4 Å². The van der Waals surface area contributed by atoms with Crippen molar-refractivity contribution >= 4 is 28.6 Å². The van der Waals surface area contributed by atoms with Crippen LogP contribution in [0.2, 0.25) is 0 Å². The Morgan fingerprint density at radius 2 is 1.81 bits per heavy atom. The van der Waals surface area contributed by atoms with Gasteiger partial charge in [0.05, 0.1) is 29.9 Å². The summed E-state index contributed by atoms with van der Waals surface area (Å²) in [4.78, 5) is 12.4.